The van der Waals surface area contributed by atoms with Gasteiger partial charge in [-0.05, 0) is 31.2 Å². The summed E-state index contributed by atoms with van der Waals surface area (Å²) >= 11 is 0. The smallest absolute Gasteiger partial charge is 0.191 e. The molecule has 1 aromatic carbocycles. The van der Waals surface area contributed by atoms with E-state index < -0.39 is 0 Å². The molecule has 1 aliphatic rings. The molecule has 0 spiro atoms. The summed E-state index contributed by atoms with van der Waals surface area (Å²) in [7, 11) is 1.80. The van der Waals surface area contributed by atoms with Gasteiger partial charge in [-0.1, -0.05) is 43.2 Å². The average molecular weight is 355 g/mol. The number of aliphatic imine (C=N–C) groups is 1. The lowest BCUT2D eigenvalue weighted by molar-refractivity contribution is 0.595. The molecule has 1 atom stereocenters. The van der Waals surface area contributed by atoms with E-state index in [4.69, 9.17) is 0 Å². The number of aromatic nitrogens is 3. The first kappa shape index (κ1) is 18.4. The van der Waals surface area contributed by atoms with E-state index in [0.29, 0.717) is 12.5 Å². The molecule has 0 saturated carbocycles. The highest BCUT2D eigenvalue weighted by atomic mass is 15.3. The molecule has 1 aromatic heterocycles. The van der Waals surface area contributed by atoms with Crippen LogP contribution in [0, 0.1) is 6.92 Å². The van der Waals surface area contributed by atoms with Gasteiger partial charge >= 0.3 is 0 Å². The second kappa shape index (κ2) is 8.83. The van der Waals surface area contributed by atoms with Crippen LogP contribution < -0.4 is 10.6 Å². The fourth-order valence-corrected chi connectivity index (χ4v) is 3.40. The summed E-state index contributed by atoms with van der Waals surface area (Å²) in [5, 5.41) is 15.5. The molecule has 2 aromatic rings. The zero-order valence-corrected chi connectivity index (χ0v) is 16.1. The molecule has 0 fully saturated rings. The lowest BCUT2D eigenvalue weighted by atomic mass is 9.99. The van der Waals surface area contributed by atoms with Gasteiger partial charge in [0.05, 0.1) is 6.54 Å². The standard InChI is InChI=1S/C20H30N6/c1-15-8-7-9-17(12-15)16(2)13-22-20(21-3)23-14-19-25-24-18-10-5-4-6-11-26(18)19/h7-9,12,16H,4-6,10-11,13-14H2,1-3H3,(H2,21,22,23). The van der Waals surface area contributed by atoms with Crippen LogP contribution >= 0.6 is 0 Å². The molecule has 140 valence electrons. The Morgan fingerprint density at radius 1 is 1.23 bits per heavy atom. The number of hydrogen-bond donors (Lipinski definition) is 2. The lowest BCUT2D eigenvalue weighted by Gasteiger charge is -2.17. The Kier molecular flexibility index (Phi) is 6.26. The molecular formula is C20H30N6. The van der Waals surface area contributed by atoms with Crippen molar-refractivity contribution in [2.75, 3.05) is 13.6 Å². The van der Waals surface area contributed by atoms with Crippen molar-refractivity contribution in [1.29, 1.82) is 0 Å². The second-order valence-corrected chi connectivity index (χ2v) is 7.12. The third-order valence-corrected chi connectivity index (χ3v) is 5.01. The predicted molar refractivity (Wildman–Crippen MR) is 105 cm³/mol. The Labute approximate surface area is 156 Å². The summed E-state index contributed by atoms with van der Waals surface area (Å²) in [5.74, 6) is 3.33. The van der Waals surface area contributed by atoms with Crippen molar-refractivity contribution in [3.8, 4) is 0 Å². The minimum atomic E-state index is 0.415. The monoisotopic (exact) mass is 354 g/mol. The third kappa shape index (κ3) is 4.62. The van der Waals surface area contributed by atoms with Crippen molar-refractivity contribution in [2.45, 2.75) is 58.5 Å². The van der Waals surface area contributed by atoms with Gasteiger partial charge in [-0.2, -0.15) is 0 Å². The minimum Gasteiger partial charge on any atom is -0.356 e. The topological polar surface area (TPSA) is 67.1 Å². The lowest BCUT2D eigenvalue weighted by Crippen LogP contribution is -2.39. The highest BCUT2D eigenvalue weighted by Crippen LogP contribution is 2.16. The van der Waals surface area contributed by atoms with Crippen LogP contribution in [0.2, 0.25) is 0 Å². The van der Waals surface area contributed by atoms with E-state index in [2.05, 4.69) is 68.5 Å². The number of rotatable bonds is 5. The van der Waals surface area contributed by atoms with Crippen molar-refractivity contribution >= 4 is 5.96 Å². The number of nitrogens with zero attached hydrogens (tertiary/aromatic N) is 4. The average Bonchev–Trinajstić information content (AvgIpc) is 2.88. The van der Waals surface area contributed by atoms with Crippen LogP contribution in [0.5, 0.6) is 0 Å². The van der Waals surface area contributed by atoms with Crippen LogP contribution in [-0.2, 0) is 19.5 Å². The third-order valence-electron chi connectivity index (χ3n) is 5.01. The van der Waals surface area contributed by atoms with Gasteiger partial charge in [0.2, 0.25) is 0 Å². The van der Waals surface area contributed by atoms with Crippen molar-refractivity contribution < 1.29 is 0 Å². The quantitative estimate of drug-likeness (QED) is 0.640. The molecule has 0 bridgehead atoms. The fraction of sp³-hybridized carbons (Fsp3) is 0.550. The highest BCUT2D eigenvalue weighted by Gasteiger charge is 2.15. The Morgan fingerprint density at radius 3 is 2.92 bits per heavy atom. The van der Waals surface area contributed by atoms with E-state index in [0.717, 1.165) is 37.1 Å². The van der Waals surface area contributed by atoms with Gasteiger partial charge in [-0.3, -0.25) is 4.99 Å². The Morgan fingerprint density at radius 2 is 2.12 bits per heavy atom. The van der Waals surface area contributed by atoms with Crippen LogP contribution in [0.4, 0.5) is 0 Å². The number of hydrogen-bond acceptors (Lipinski definition) is 3. The minimum absolute atomic E-state index is 0.415. The fourth-order valence-electron chi connectivity index (χ4n) is 3.40. The number of benzene rings is 1. The van der Waals surface area contributed by atoms with Gasteiger partial charge in [0, 0.05) is 26.6 Å². The van der Waals surface area contributed by atoms with Gasteiger partial charge in [0.25, 0.3) is 0 Å². The van der Waals surface area contributed by atoms with E-state index in [1.165, 1.54) is 30.4 Å². The van der Waals surface area contributed by atoms with E-state index in [1.54, 1.807) is 7.05 Å². The maximum atomic E-state index is 4.37. The first-order chi connectivity index (χ1) is 12.7. The molecule has 0 amide bonds. The molecular weight excluding hydrogens is 324 g/mol. The summed E-state index contributed by atoms with van der Waals surface area (Å²) in [6.45, 7) is 6.86. The molecule has 6 nitrogen and oxygen atoms in total. The maximum absolute atomic E-state index is 4.37. The van der Waals surface area contributed by atoms with Crippen molar-refractivity contribution in [1.82, 2.24) is 25.4 Å². The number of guanidine groups is 1. The zero-order chi connectivity index (χ0) is 18.4. The Bertz CT molecular complexity index is 749. The second-order valence-electron chi connectivity index (χ2n) is 7.12. The van der Waals surface area contributed by atoms with Gasteiger partial charge < -0.3 is 15.2 Å². The molecule has 3 rings (SSSR count). The molecule has 2 heterocycles. The van der Waals surface area contributed by atoms with Gasteiger partial charge in [0.15, 0.2) is 11.8 Å². The molecule has 0 saturated heterocycles. The highest BCUT2D eigenvalue weighted by molar-refractivity contribution is 5.79. The Hall–Kier alpha value is -2.37. The summed E-state index contributed by atoms with van der Waals surface area (Å²) in [6.07, 6.45) is 4.73. The van der Waals surface area contributed by atoms with Crippen LogP contribution in [0.25, 0.3) is 0 Å². The molecule has 2 N–H and O–H groups in total. The molecule has 0 radical (unpaired) electrons. The van der Waals surface area contributed by atoms with Crippen LogP contribution in [0.1, 0.15) is 54.9 Å². The predicted octanol–water partition coefficient (Wildman–Crippen LogP) is 2.78. The summed E-state index contributed by atoms with van der Waals surface area (Å²) in [6, 6.07) is 8.67. The van der Waals surface area contributed by atoms with Crippen LogP contribution in [0.15, 0.2) is 29.3 Å². The van der Waals surface area contributed by atoms with E-state index in [1.807, 2.05) is 0 Å². The van der Waals surface area contributed by atoms with Gasteiger partial charge in [0.1, 0.15) is 5.82 Å². The molecule has 6 heteroatoms. The largest absolute Gasteiger partial charge is 0.356 e. The normalized spacial score (nSPS) is 15.9. The zero-order valence-electron chi connectivity index (χ0n) is 16.1. The van der Waals surface area contributed by atoms with Gasteiger partial charge in [-0.25, -0.2) is 0 Å². The summed E-state index contributed by atoms with van der Waals surface area (Å²) < 4.78 is 2.27. The van der Waals surface area contributed by atoms with Crippen molar-refractivity contribution in [3.05, 3.63) is 47.0 Å². The number of fused-ring (bicyclic) bond motifs is 1. The van der Waals surface area contributed by atoms with Crippen molar-refractivity contribution in [2.24, 2.45) is 4.99 Å². The molecule has 1 unspecified atom stereocenters. The van der Waals surface area contributed by atoms with Crippen LogP contribution in [-0.4, -0.2) is 34.3 Å². The van der Waals surface area contributed by atoms with Gasteiger partial charge in [-0.15, -0.1) is 10.2 Å². The Balaban J connectivity index is 1.53. The number of nitrogens with one attached hydrogen (secondary N) is 2. The first-order valence-electron chi connectivity index (χ1n) is 9.59. The SMILES string of the molecule is CN=C(NCc1nnc2n1CCCCC2)NCC(C)c1cccc(C)c1. The number of aryl methyl sites for hydroxylation is 2. The summed E-state index contributed by atoms with van der Waals surface area (Å²) in [5.41, 5.74) is 2.64. The molecule has 0 aliphatic carbocycles. The van der Waals surface area contributed by atoms with Crippen LogP contribution in [0.3, 0.4) is 0 Å². The first-order valence-corrected chi connectivity index (χ1v) is 9.59. The summed E-state index contributed by atoms with van der Waals surface area (Å²) in [4.78, 5) is 4.34. The van der Waals surface area contributed by atoms with Crippen molar-refractivity contribution in [3.63, 3.8) is 0 Å². The molecule has 1 aliphatic heterocycles. The van der Waals surface area contributed by atoms with E-state index in [9.17, 15) is 0 Å². The van der Waals surface area contributed by atoms with E-state index in [-0.39, 0.29) is 0 Å². The molecule has 26 heavy (non-hydrogen) atoms. The maximum Gasteiger partial charge on any atom is 0.191 e. The van der Waals surface area contributed by atoms with E-state index >= 15 is 0 Å².